The van der Waals surface area contributed by atoms with Crippen LogP contribution in [0.2, 0.25) is 5.02 Å². The molecule has 0 saturated carbocycles. The molecular weight excluding hydrogens is 298 g/mol. The third-order valence-electron chi connectivity index (χ3n) is 4.29. The molecule has 0 unspecified atom stereocenters. The van der Waals surface area contributed by atoms with Crippen molar-refractivity contribution in [3.63, 3.8) is 0 Å². The van der Waals surface area contributed by atoms with Crippen molar-refractivity contribution in [3.05, 3.63) is 51.8 Å². The molecule has 1 aliphatic heterocycles. The molecule has 1 aromatic carbocycles. The Labute approximate surface area is 135 Å². The second kappa shape index (κ2) is 6.15. The van der Waals surface area contributed by atoms with Crippen molar-refractivity contribution in [2.45, 2.75) is 0 Å². The quantitative estimate of drug-likeness (QED) is 0.852. The van der Waals surface area contributed by atoms with Crippen LogP contribution in [0.3, 0.4) is 0 Å². The molecule has 0 atom stereocenters. The van der Waals surface area contributed by atoms with Gasteiger partial charge in [-0.25, -0.2) is 0 Å². The van der Waals surface area contributed by atoms with Crippen LogP contribution in [0.25, 0.3) is 11.3 Å². The number of pyridine rings is 1. The molecule has 0 aliphatic carbocycles. The van der Waals surface area contributed by atoms with Crippen LogP contribution in [0.4, 0.5) is 5.69 Å². The largest absolute Gasteiger partial charge is 0.369 e. The highest BCUT2D eigenvalue weighted by molar-refractivity contribution is 6.30. The number of hydrogen-bond acceptors (Lipinski definition) is 3. The Balaban J connectivity index is 1.86. The summed E-state index contributed by atoms with van der Waals surface area (Å²) in [6.07, 6.45) is 0. The number of aromatic nitrogens is 1. The van der Waals surface area contributed by atoms with Crippen LogP contribution < -0.4 is 10.5 Å². The van der Waals surface area contributed by atoms with Crippen LogP contribution in [0.15, 0.2) is 41.2 Å². The lowest BCUT2D eigenvalue weighted by atomic mass is 10.1. The van der Waals surface area contributed by atoms with Crippen molar-refractivity contribution < 1.29 is 0 Å². The molecule has 116 valence electrons. The molecule has 4 nitrogen and oxygen atoms in total. The van der Waals surface area contributed by atoms with E-state index >= 15 is 0 Å². The summed E-state index contributed by atoms with van der Waals surface area (Å²) in [7, 11) is 3.90. The van der Waals surface area contributed by atoms with Gasteiger partial charge in [0.2, 0.25) is 0 Å². The number of nitrogens with zero attached hydrogens (tertiary/aromatic N) is 3. The summed E-state index contributed by atoms with van der Waals surface area (Å²) in [5, 5.41) is 0.250. The molecular formula is C17H20ClN3O. The van der Waals surface area contributed by atoms with E-state index in [9.17, 15) is 4.79 Å². The summed E-state index contributed by atoms with van der Waals surface area (Å²) in [4.78, 5) is 16.7. The highest BCUT2D eigenvalue weighted by atomic mass is 35.5. The maximum atomic E-state index is 11.9. The minimum Gasteiger partial charge on any atom is -0.369 e. The molecule has 2 aromatic rings. The zero-order valence-corrected chi connectivity index (χ0v) is 13.7. The van der Waals surface area contributed by atoms with Crippen molar-refractivity contribution in [1.82, 2.24) is 9.47 Å². The molecule has 1 aliphatic rings. The average Bonchev–Trinajstić information content (AvgIpc) is 2.54. The molecule has 0 radical (unpaired) electrons. The summed E-state index contributed by atoms with van der Waals surface area (Å²) >= 11 is 5.87. The van der Waals surface area contributed by atoms with E-state index in [1.807, 2.05) is 6.07 Å². The number of halogens is 1. The highest BCUT2D eigenvalue weighted by Gasteiger charge is 2.14. The van der Waals surface area contributed by atoms with Gasteiger partial charge < -0.3 is 14.4 Å². The fourth-order valence-electron chi connectivity index (χ4n) is 2.80. The first kappa shape index (κ1) is 15.1. The SMILES string of the molecule is CN1CCN(c2ccc(-c3ccc(Cl)c(=O)n3C)cc2)CC1. The first-order chi connectivity index (χ1) is 10.6. The molecule has 5 heteroatoms. The minimum absolute atomic E-state index is 0.165. The predicted molar refractivity (Wildman–Crippen MR) is 91.8 cm³/mol. The lowest BCUT2D eigenvalue weighted by Gasteiger charge is -2.34. The third kappa shape index (κ3) is 2.89. The topological polar surface area (TPSA) is 28.5 Å². The average molecular weight is 318 g/mol. The Hall–Kier alpha value is -1.78. The molecule has 2 heterocycles. The summed E-state index contributed by atoms with van der Waals surface area (Å²) in [5.74, 6) is 0. The standard InChI is InChI=1S/C17H20ClN3O/c1-19-9-11-21(12-10-19)14-5-3-13(4-6-14)16-8-7-15(18)17(22)20(16)2/h3-8H,9-12H2,1-2H3. The summed E-state index contributed by atoms with van der Waals surface area (Å²) in [6.45, 7) is 4.28. The molecule has 1 fully saturated rings. The van der Waals surface area contributed by atoms with E-state index in [4.69, 9.17) is 11.6 Å². The molecule has 0 N–H and O–H groups in total. The minimum atomic E-state index is -0.165. The first-order valence-corrected chi connectivity index (χ1v) is 7.83. The molecule has 0 amide bonds. The smallest absolute Gasteiger partial charge is 0.269 e. The number of rotatable bonds is 2. The fourth-order valence-corrected chi connectivity index (χ4v) is 2.99. The maximum Gasteiger partial charge on any atom is 0.269 e. The second-order valence-electron chi connectivity index (χ2n) is 5.77. The van der Waals surface area contributed by atoms with Gasteiger partial charge in [-0.05, 0) is 36.9 Å². The van der Waals surface area contributed by atoms with Gasteiger partial charge in [0.05, 0.1) is 5.69 Å². The molecule has 0 bridgehead atoms. The van der Waals surface area contributed by atoms with Crippen LogP contribution in [-0.4, -0.2) is 42.7 Å². The second-order valence-corrected chi connectivity index (χ2v) is 6.18. The summed E-state index contributed by atoms with van der Waals surface area (Å²) in [5.41, 5.74) is 2.96. The van der Waals surface area contributed by atoms with Crippen LogP contribution in [0.1, 0.15) is 0 Å². The number of likely N-dealkylation sites (N-methyl/N-ethyl adjacent to an activating group) is 1. The van der Waals surface area contributed by atoms with Gasteiger partial charge in [0.1, 0.15) is 5.02 Å². The number of hydrogen-bond donors (Lipinski definition) is 0. The van der Waals surface area contributed by atoms with E-state index in [0.717, 1.165) is 37.4 Å². The van der Waals surface area contributed by atoms with E-state index < -0.39 is 0 Å². The van der Waals surface area contributed by atoms with Crippen molar-refractivity contribution in [1.29, 1.82) is 0 Å². The monoisotopic (exact) mass is 317 g/mol. The van der Waals surface area contributed by atoms with Crippen LogP contribution in [0.5, 0.6) is 0 Å². The van der Waals surface area contributed by atoms with Gasteiger partial charge in [-0.15, -0.1) is 0 Å². The molecule has 3 rings (SSSR count). The Morgan fingerprint density at radius 1 is 0.909 bits per heavy atom. The van der Waals surface area contributed by atoms with E-state index in [1.54, 1.807) is 17.7 Å². The maximum absolute atomic E-state index is 11.9. The van der Waals surface area contributed by atoms with Gasteiger partial charge >= 0.3 is 0 Å². The zero-order valence-electron chi connectivity index (χ0n) is 12.9. The van der Waals surface area contributed by atoms with Crippen LogP contribution >= 0.6 is 11.6 Å². The Morgan fingerprint density at radius 3 is 2.18 bits per heavy atom. The zero-order chi connectivity index (χ0) is 15.7. The predicted octanol–water partition coefficient (Wildman–Crippen LogP) is 2.46. The summed E-state index contributed by atoms with van der Waals surface area (Å²) < 4.78 is 1.59. The number of anilines is 1. The van der Waals surface area contributed by atoms with Crippen molar-refractivity contribution >= 4 is 17.3 Å². The van der Waals surface area contributed by atoms with Gasteiger partial charge in [0.25, 0.3) is 5.56 Å². The molecule has 1 aromatic heterocycles. The first-order valence-electron chi connectivity index (χ1n) is 7.46. The van der Waals surface area contributed by atoms with Crippen molar-refractivity contribution in [2.24, 2.45) is 7.05 Å². The molecule has 1 saturated heterocycles. The van der Waals surface area contributed by atoms with E-state index in [0.29, 0.717) is 0 Å². The lowest BCUT2D eigenvalue weighted by Crippen LogP contribution is -2.44. The molecule has 22 heavy (non-hydrogen) atoms. The summed E-state index contributed by atoms with van der Waals surface area (Å²) in [6, 6.07) is 11.9. The highest BCUT2D eigenvalue weighted by Crippen LogP contribution is 2.23. The van der Waals surface area contributed by atoms with Gasteiger partial charge in [-0.2, -0.15) is 0 Å². The Bertz CT molecular complexity index is 716. The fraction of sp³-hybridized carbons (Fsp3) is 0.353. The third-order valence-corrected chi connectivity index (χ3v) is 4.58. The number of benzene rings is 1. The normalized spacial score (nSPS) is 16.0. The number of piperazine rings is 1. The van der Waals surface area contributed by atoms with Gasteiger partial charge in [-0.3, -0.25) is 4.79 Å². The van der Waals surface area contributed by atoms with E-state index in [1.165, 1.54) is 5.69 Å². The van der Waals surface area contributed by atoms with Gasteiger partial charge in [-0.1, -0.05) is 23.7 Å². The Morgan fingerprint density at radius 2 is 1.55 bits per heavy atom. The van der Waals surface area contributed by atoms with Gasteiger partial charge in [0.15, 0.2) is 0 Å². The van der Waals surface area contributed by atoms with Crippen molar-refractivity contribution in [2.75, 3.05) is 38.1 Å². The van der Waals surface area contributed by atoms with Crippen LogP contribution in [0, 0.1) is 0 Å². The molecule has 0 spiro atoms. The van der Waals surface area contributed by atoms with E-state index in [-0.39, 0.29) is 10.6 Å². The van der Waals surface area contributed by atoms with Crippen LogP contribution in [-0.2, 0) is 7.05 Å². The van der Waals surface area contributed by atoms with Crippen molar-refractivity contribution in [3.8, 4) is 11.3 Å². The van der Waals surface area contributed by atoms with E-state index in [2.05, 4.69) is 41.1 Å². The Kier molecular flexibility index (Phi) is 4.23. The van der Waals surface area contributed by atoms with Gasteiger partial charge in [0, 0.05) is 38.9 Å². The lowest BCUT2D eigenvalue weighted by molar-refractivity contribution is 0.313.